The number of ether oxygens (including phenoxy) is 1. The molecule has 0 aromatic heterocycles. The van der Waals surface area contributed by atoms with E-state index in [1.807, 2.05) is 29.2 Å². The van der Waals surface area contributed by atoms with E-state index in [1.165, 1.54) is 11.1 Å². The maximum absolute atomic E-state index is 5.97. The molecule has 0 aliphatic carbocycles. The van der Waals surface area contributed by atoms with Crippen LogP contribution in [-0.2, 0) is 16.3 Å². The molecule has 0 radical (unpaired) electrons. The van der Waals surface area contributed by atoms with Crippen molar-refractivity contribution in [2.24, 2.45) is 4.99 Å². The third-order valence-electron chi connectivity index (χ3n) is 4.66. The first-order valence-electron chi connectivity index (χ1n) is 9.82. The Bertz CT molecular complexity index is 756. The van der Waals surface area contributed by atoms with E-state index >= 15 is 0 Å². The first kappa shape index (κ1) is 20.2. The van der Waals surface area contributed by atoms with Crippen molar-refractivity contribution < 1.29 is 14.5 Å². The molecule has 0 bridgehead atoms. The van der Waals surface area contributed by atoms with Crippen molar-refractivity contribution in [1.29, 1.82) is 0 Å². The average Bonchev–Trinajstić information content (AvgIpc) is 2.94. The molecular weight excluding hydrogens is 354 g/mol. The second kappa shape index (κ2) is 10.1. The van der Waals surface area contributed by atoms with Gasteiger partial charge >= 0.3 is 0 Å². The molecule has 0 saturated carbocycles. The van der Waals surface area contributed by atoms with E-state index in [2.05, 4.69) is 50.4 Å². The summed E-state index contributed by atoms with van der Waals surface area (Å²) in [4.78, 5) is 17.1. The Morgan fingerprint density at radius 3 is 2.43 bits per heavy atom. The third kappa shape index (κ3) is 5.71. The number of hydrogen-bond donors (Lipinski definition) is 1. The van der Waals surface area contributed by atoms with Gasteiger partial charge in [0.1, 0.15) is 5.75 Å². The highest BCUT2D eigenvalue weighted by Gasteiger charge is 2.16. The lowest BCUT2D eigenvalue weighted by Crippen LogP contribution is -2.39. The zero-order chi connectivity index (χ0) is 19.8. The Morgan fingerprint density at radius 2 is 1.75 bits per heavy atom. The van der Waals surface area contributed by atoms with Gasteiger partial charge in [-0.1, -0.05) is 43.7 Å². The molecule has 1 N–H and O–H groups in total. The number of aliphatic imine (C=N–C) groups is 1. The zero-order valence-electron chi connectivity index (χ0n) is 16.9. The van der Waals surface area contributed by atoms with Gasteiger partial charge in [0.25, 0.3) is 0 Å². The zero-order valence-corrected chi connectivity index (χ0v) is 16.9. The molecule has 0 atom stereocenters. The van der Waals surface area contributed by atoms with Crippen molar-refractivity contribution in [3.8, 4) is 5.75 Å². The Hall–Kier alpha value is -2.57. The molecule has 0 spiro atoms. The Kier molecular flexibility index (Phi) is 7.28. The standard InChI is InChI=1S/C22H29N3O3/c1-4-20(5-2)28-21-12-10-19(11-13-21)24-22-23-15-26-27-16-25(22)14-18-8-6-17(3)7-9-18/h6-13,20H,4-5,14-16H2,1-3H3,(H,23,24). The number of guanidine groups is 1. The van der Waals surface area contributed by atoms with Crippen molar-refractivity contribution in [2.75, 3.05) is 13.5 Å². The van der Waals surface area contributed by atoms with Crippen LogP contribution in [0.15, 0.2) is 53.5 Å². The van der Waals surface area contributed by atoms with Gasteiger partial charge < -0.3 is 15.0 Å². The Labute approximate surface area is 167 Å². The summed E-state index contributed by atoms with van der Waals surface area (Å²) < 4.78 is 5.97. The van der Waals surface area contributed by atoms with Gasteiger partial charge in [-0.3, -0.25) is 0 Å². The van der Waals surface area contributed by atoms with E-state index in [4.69, 9.17) is 19.5 Å². The minimum atomic E-state index is 0.249. The third-order valence-corrected chi connectivity index (χ3v) is 4.66. The van der Waals surface area contributed by atoms with Crippen LogP contribution in [0.5, 0.6) is 5.75 Å². The van der Waals surface area contributed by atoms with Crippen LogP contribution in [0.2, 0.25) is 0 Å². The monoisotopic (exact) mass is 383 g/mol. The Balaban J connectivity index is 1.73. The summed E-state index contributed by atoms with van der Waals surface area (Å²) in [6.07, 6.45) is 2.25. The van der Waals surface area contributed by atoms with Gasteiger partial charge in [0.2, 0.25) is 5.96 Å². The molecule has 3 rings (SSSR count). The van der Waals surface area contributed by atoms with Gasteiger partial charge in [0.05, 0.1) is 11.8 Å². The van der Waals surface area contributed by atoms with Crippen molar-refractivity contribution in [1.82, 2.24) is 10.2 Å². The van der Waals surface area contributed by atoms with Crippen LogP contribution in [0.3, 0.4) is 0 Å². The minimum Gasteiger partial charge on any atom is -0.490 e. The van der Waals surface area contributed by atoms with E-state index in [1.54, 1.807) is 0 Å². The number of rotatable bonds is 7. The van der Waals surface area contributed by atoms with Crippen LogP contribution in [0, 0.1) is 6.92 Å². The van der Waals surface area contributed by atoms with Crippen LogP contribution < -0.4 is 10.1 Å². The molecule has 150 valence electrons. The number of benzene rings is 2. The van der Waals surface area contributed by atoms with Crippen LogP contribution >= 0.6 is 0 Å². The average molecular weight is 383 g/mol. The quantitative estimate of drug-likeness (QED) is 0.713. The van der Waals surface area contributed by atoms with Crippen molar-refractivity contribution in [2.45, 2.75) is 46.3 Å². The fourth-order valence-corrected chi connectivity index (χ4v) is 2.92. The highest BCUT2D eigenvalue weighted by molar-refractivity contribution is 5.82. The maximum atomic E-state index is 5.97. The molecule has 1 aliphatic heterocycles. The summed E-state index contributed by atoms with van der Waals surface area (Å²) in [6, 6.07) is 16.3. The molecule has 0 amide bonds. The number of aryl methyl sites for hydroxylation is 1. The summed E-state index contributed by atoms with van der Waals surface area (Å²) in [5.74, 6) is 1.58. The molecule has 0 unspecified atom stereocenters. The molecule has 28 heavy (non-hydrogen) atoms. The van der Waals surface area contributed by atoms with Crippen molar-refractivity contribution in [3.63, 3.8) is 0 Å². The summed E-state index contributed by atoms with van der Waals surface area (Å²) in [5, 5.41) is 3.17. The molecule has 6 heteroatoms. The lowest BCUT2D eigenvalue weighted by molar-refractivity contribution is -0.305. The van der Waals surface area contributed by atoms with E-state index in [0.29, 0.717) is 19.2 Å². The fraction of sp³-hybridized carbons (Fsp3) is 0.409. The largest absolute Gasteiger partial charge is 0.490 e. The van der Waals surface area contributed by atoms with Gasteiger partial charge in [-0.25, -0.2) is 14.8 Å². The highest BCUT2D eigenvalue weighted by Crippen LogP contribution is 2.21. The van der Waals surface area contributed by atoms with Gasteiger partial charge in [0.15, 0.2) is 13.5 Å². The summed E-state index contributed by atoms with van der Waals surface area (Å²) >= 11 is 0. The highest BCUT2D eigenvalue weighted by atomic mass is 17.2. The fourth-order valence-electron chi connectivity index (χ4n) is 2.92. The van der Waals surface area contributed by atoms with Gasteiger partial charge in [-0.05, 0) is 49.6 Å². The normalized spacial score (nSPS) is 16.1. The van der Waals surface area contributed by atoms with Crippen molar-refractivity contribution >= 4 is 11.6 Å². The first-order valence-corrected chi connectivity index (χ1v) is 9.82. The molecule has 1 aliphatic rings. The smallest absolute Gasteiger partial charge is 0.203 e. The maximum Gasteiger partial charge on any atom is 0.203 e. The molecule has 2 aromatic carbocycles. The van der Waals surface area contributed by atoms with Gasteiger partial charge in [-0.2, -0.15) is 0 Å². The van der Waals surface area contributed by atoms with Crippen LogP contribution in [0.4, 0.5) is 5.69 Å². The van der Waals surface area contributed by atoms with E-state index in [-0.39, 0.29) is 12.8 Å². The second-order valence-corrected chi connectivity index (χ2v) is 6.86. The lowest BCUT2D eigenvalue weighted by Gasteiger charge is -2.22. The molecule has 6 nitrogen and oxygen atoms in total. The summed E-state index contributed by atoms with van der Waals surface area (Å²) in [5.41, 5.74) is 3.26. The van der Waals surface area contributed by atoms with Crippen LogP contribution in [-0.4, -0.2) is 30.4 Å². The van der Waals surface area contributed by atoms with Gasteiger partial charge in [-0.15, -0.1) is 0 Å². The number of nitrogens with zero attached hydrogens (tertiary/aromatic N) is 2. The van der Waals surface area contributed by atoms with E-state index in [0.717, 1.165) is 24.3 Å². The Morgan fingerprint density at radius 1 is 1.04 bits per heavy atom. The summed E-state index contributed by atoms with van der Waals surface area (Å²) in [6.45, 7) is 7.58. The topological polar surface area (TPSA) is 55.3 Å². The lowest BCUT2D eigenvalue weighted by atomic mass is 10.1. The molecular formula is C22H29N3O3. The number of nitrogens with one attached hydrogen (secondary N) is 1. The van der Waals surface area contributed by atoms with Crippen LogP contribution in [0.1, 0.15) is 37.8 Å². The summed E-state index contributed by atoms with van der Waals surface area (Å²) in [7, 11) is 0. The molecule has 1 saturated heterocycles. The van der Waals surface area contributed by atoms with E-state index in [9.17, 15) is 0 Å². The molecule has 2 aromatic rings. The predicted octanol–water partition coefficient (Wildman–Crippen LogP) is 4.52. The van der Waals surface area contributed by atoms with Crippen molar-refractivity contribution in [3.05, 3.63) is 59.7 Å². The van der Waals surface area contributed by atoms with Crippen LogP contribution in [0.25, 0.3) is 0 Å². The minimum absolute atomic E-state index is 0.249. The predicted molar refractivity (Wildman–Crippen MR) is 110 cm³/mol. The second-order valence-electron chi connectivity index (χ2n) is 6.86. The van der Waals surface area contributed by atoms with Gasteiger partial charge in [0, 0.05) is 6.54 Å². The first-order chi connectivity index (χ1) is 13.7. The number of hydrogen-bond acceptors (Lipinski definition) is 4. The van der Waals surface area contributed by atoms with E-state index < -0.39 is 0 Å². The molecule has 1 fully saturated rings. The SMILES string of the molecule is CCC(CC)Oc1ccc(/N=C2\NCOOCN2Cc2ccc(C)cc2)cc1. The molecule has 1 heterocycles.